The van der Waals surface area contributed by atoms with Crippen LogP contribution in [0.4, 0.5) is 0 Å². The molecule has 0 aliphatic rings. The van der Waals surface area contributed by atoms with Gasteiger partial charge in [0, 0.05) is 0 Å². The van der Waals surface area contributed by atoms with E-state index >= 15 is 0 Å². The van der Waals surface area contributed by atoms with Crippen molar-refractivity contribution in [2.45, 2.75) is 0 Å². The molecule has 0 amide bonds. The fraction of sp³-hybridized carbons (Fsp3) is 0. The molecule has 0 bridgehead atoms. The molecule has 0 heterocycles. The van der Waals surface area contributed by atoms with Crippen molar-refractivity contribution in [1.29, 1.82) is 0 Å². The largest absolute Gasteiger partial charge is 1.00 e. The van der Waals surface area contributed by atoms with Crippen LogP contribution >= 0.6 is 0 Å². The molecule has 5 heteroatoms. The average Bonchev–Trinajstić information content (AvgIpc) is 0.811. The zero-order valence-corrected chi connectivity index (χ0v) is 6.61. The second kappa shape index (κ2) is 5.26. The Morgan fingerprint density at radius 2 is 1.40 bits per heavy atom. The predicted octanol–water partition coefficient (Wildman–Crippen LogP) is -3.38. The Labute approximate surface area is 73.7 Å². The molecule has 0 saturated carbocycles. The third-order valence-electron chi connectivity index (χ3n) is 0. The van der Waals surface area contributed by atoms with Crippen LogP contribution in [0.15, 0.2) is 0 Å². The van der Waals surface area contributed by atoms with Gasteiger partial charge in [-0.25, -0.2) is 8.42 Å². The molecule has 0 radical (unpaired) electrons. The molecule has 0 aromatic rings. The van der Waals surface area contributed by atoms with Crippen LogP contribution in [0, 0.1) is 0 Å². The van der Waals surface area contributed by atoms with E-state index < -0.39 is 10.5 Å². The Balaban J connectivity index is 0. The van der Waals surface area contributed by atoms with Crippen molar-refractivity contribution in [2.75, 3.05) is 0 Å². The van der Waals surface area contributed by atoms with Gasteiger partial charge in [-0.3, -0.25) is 0 Å². The average molecular weight is 117 g/mol. The number of nitrogens with zero attached hydrogens (tertiary/aromatic N) is 1. The van der Waals surface area contributed by atoms with Crippen LogP contribution in [-0.4, -0.2) is 8.42 Å². The molecule has 0 saturated heterocycles. The van der Waals surface area contributed by atoms with Crippen molar-refractivity contribution in [1.82, 2.24) is 0 Å². The fourth-order valence-corrected chi connectivity index (χ4v) is 0. The summed E-state index contributed by atoms with van der Waals surface area (Å²) in [6.07, 6.45) is 0. The summed E-state index contributed by atoms with van der Waals surface area (Å²) in [5.74, 6) is 0. The minimum absolute atomic E-state index is 0. The van der Waals surface area contributed by atoms with E-state index in [1.807, 2.05) is 0 Å². The van der Waals surface area contributed by atoms with Crippen LogP contribution < -0.4 is 51.4 Å². The molecule has 0 aromatic carbocycles. The molecule has 24 valence electrons. The molecule has 5 heavy (non-hydrogen) atoms. The van der Waals surface area contributed by atoms with Crippen molar-refractivity contribution < 1.29 is 59.8 Å². The number of rotatable bonds is 0. The molecule has 0 aromatic heterocycles. The van der Waals surface area contributed by atoms with E-state index in [9.17, 15) is 0 Å². The van der Waals surface area contributed by atoms with Crippen molar-refractivity contribution in [3.05, 3.63) is 4.78 Å². The number of hydrogen-bond donors (Lipinski definition) is 0. The van der Waals surface area contributed by atoms with E-state index in [1.165, 1.54) is 0 Å². The van der Waals surface area contributed by atoms with E-state index in [-0.39, 0.29) is 51.4 Å². The van der Waals surface area contributed by atoms with E-state index in [2.05, 4.69) is 0 Å². The second-order valence-corrected chi connectivity index (χ2v) is 0.651. The zero-order chi connectivity index (χ0) is 3.58. The van der Waals surface area contributed by atoms with Gasteiger partial charge in [0.1, 0.15) is 10.5 Å². The summed E-state index contributed by atoms with van der Waals surface area (Å²) in [7, 11) is -2.86. The van der Waals surface area contributed by atoms with Gasteiger partial charge >= 0.3 is 51.4 Å². The standard InChI is InChI=1S/K.NO2S/c;1-4(2)3/q+1;-1. The molecule has 0 spiro atoms. The molecule has 0 unspecified atom stereocenters. The predicted molar refractivity (Wildman–Crippen MR) is 12.3 cm³/mol. The molecular formula is KNO2S. The van der Waals surface area contributed by atoms with Crippen molar-refractivity contribution in [2.24, 2.45) is 0 Å². The Bertz CT molecular complexity index is 79.0. The summed E-state index contributed by atoms with van der Waals surface area (Å²) >= 11 is 0. The second-order valence-electron chi connectivity index (χ2n) is 0.217. The van der Waals surface area contributed by atoms with Gasteiger partial charge in [-0.15, -0.1) is 0 Å². The first-order chi connectivity index (χ1) is 1.73. The van der Waals surface area contributed by atoms with E-state index in [0.717, 1.165) is 0 Å². The molecule has 0 atom stereocenters. The van der Waals surface area contributed by atoms with Crippen LogP contribution in [0.5, 0.6) is 0 Å². The Morgan fingerprint density at radius 1 is 1.40 bits per heavy atom. The molecule has 0 rings (SSSR count). The first-order valence-corrected chi connectivity index (χ1v) is 1.55. The summed E-state index contributed by atoms with van der Waals surface area (Å²) in [4.78, 5) is 0. The maximum Gasteiger partial charge on any atom is 1.00 e. The van der Waals surface area contributed by atoms with E-state index in [0.29, 0.717) is 0 Å². The van der Waals surface area contributed by atoms with Crippen LogP contribution in [-0.2, 0) is 10.5 Å². The topological polar surface area (TPSA) is 56.4 Å². The van der Waals surface area contributed by atoms with E-state index in [4.69, 9.17) is 13.2 Å². The Morgan fingerprint density at radius 3 is 1.40 bits per heavy atom. The number of hydrogen-bond acceptors (Lipinski definition) is 2. The van der Waals surface area contributed by atoms with Crippen molar-refractivity contribution in [3.8, 4) is 0 Å². The SMILES string of the molecule is [K+].[N-]=S(=O)=O. The van der Waals surface area contributed by atoms with Crippen LogP contribution in [0.25, 0.3) is 4.78 Å². The fourth-order valence-electron chi connectivity index (χ4n) is 0. The maximum atomic E-state index is 8.56. The third-order valence-corrected chi connectivity index (χ3v) is 0. The van der Waals surface area contributed by atoms with Crippen LogP contribution in [0.2, 0.25) is 0 Å². The van der Waals surface area contributed by atoms with Gasteiger partial charge in [-0.1, -0.05) is 0 Å². The summed E-state index contributed by atoms with van der Waals surface area (Å²) < 4.78 is 24.1. The molecular weight excluding hydrogens is 117 g/mol. The van der Waals surface area contributed by atoms with Gasteiger partial charge in [0.15, 0.2) is 0 Å². The first kappa shape index (κ1) is 9.54. The summed E-state index contributed by atoms with van der Waals surface area (Å²) in [5.41, 5.74) is 0. The normalized spacial score (nSPS) is 4.80. The van der Waals surface area contributed by atoms with Gasteiger partial charge < -0.3 is 4.78 Å². The van der Waals surface area contributed by atoms with E-state index in [1.54, 1.807) is 0 Å². The summed E-state index contributed by atoms with van der Waals surface area (Å²) in [6.45, 7) is 0. The molecule has 0 aliphatic heterocycles. The van der Waals surface area contributed by atoms with Crippen LogP contribution in [0.1, 0.15) is 0 Å². The maximum absolute atomic E-state index is 8.56. The van der Waals surface area contributed by atoms with Crippen molar-refractivity contribution in [3.63, 3.8) is 0 Å². The van der Waals surface area contributed by atoms with Crippen LogP contribution in [0.3, 0.4) is 0 Å². The summed E-state index contributed by atoms with van der Waals surface area (Å²) in [5, 5.41) is 0. The Kier molecular flexibility index (Phi) is 10.0. The quantitative estimate of drug-likeness (QED) is 0.311. The minimum Gasteiger partial charge on any atom is -0.686 e. The smallest absolute Gasteiger partial charge is 0.686 e. The van der Waals surface area contributed by atoms with Crippen molar-refractivity contribution >= 4 is 10.5 Å². The molecule has 0 N–H and O–H groups in total. The minimum atomic E-state index is -2.86. The molecule has 0 fully saturated rings. The van der Waals surface area contributed by atoms with Gasteiger partial charge in [-0.05, 0) is 0 Å². The zero-order valence-electron chi connectivity index (χ0n) is 2.67. The van der Waals surface area contributed by atoms with Gasteiger partial charge in [0.2, 0.25) is 0 Å². The van der Waals surface area contributed by atoms with Gasteiger partial charge in [-0.2, -0.15) is 0 Å². The molecule has 0 aliphatic carbocycles. The first-order valence-electron chi connectivity index (χ1n) is 0.516. The monoisotopic (exact) mass is 117 g/mol. The van der Waals surface area contributed by atoms with Gasteiger partial charge in [0.25, 0.3) is 0 Å². The summed E-state index contributed by atoms with van der Waals surface area (Å²) in [6, 6.07) is 0. The Hall–Kier alpha value is 1.26. The molecule has 3 nitrogen and oxygen atoms in total. The third kappa shape index (κ3) is 35.3. The van der Waals surface area contributed by atoms with Gasteiger partial charge in [0.05, 0.1) is 0 Å².